The molecule has 0 aliphatic carbocycles. The zero-order valence-corrected chi connectivity index (χ0v) is 9.42. The Kier molecular flexibility index (Phi) is 2.25. The molecule has 0 aliphatic heterocycles. The minimum Gasteiger partial charge on any atom is -0.476 e. The van der Waals surface area contributed by atoms with Crippen LogP contribution in [0.4, 0.5) is 0 Å². The van der Waals surface area contributed by atoms with E-state index in [0.29, 0.717) is 9.03 Å². The number of carboxylic acids is 2. The van der Waals surface area contributed by atoms with Gasteiger partial charge in [0.15, 0.2) is 11.4 Å². The number of nitrogens with zero attached hydrogens (tertiary/aromatic N) is 2. The van der Waals surface area contributed by atoms with Crippen LogP contribution in [0.3, 0.4) is 0 Å². The van der Waals surface area contributed by atoms with Gasteiger partial charge in [0.1, 0.15) is 0 Å². The van der Waals surface area contributed by atoms with Gasteiger partial charge in [-0.2, -0.15) is 4.52 Å². The van der Waals surface area contributed by atoms with E-state index >= 15 is 0 Å². The minimum absolute atomic E-state index is 0.179. The van der Waals surface area contributed by atoms with Crippen LogP contribution < -0.4 is 11.1 Å². The van der Waals surface area contributed by atoms with Crippen molar-refractivity contribution in [1.82, 2.24) is 9.03 Å². The predicted octanol–water partition coefficient (Wildman–Crippen LogP) is -0.790. The highest BCUT2D eigenvalue weighted by molar-refractivity contribution is 5.91. The molecule has 0 amide bonds. The number of carboxylic acid groups (broad SMARTS) is 2. The Morgan fingerprint density at radius 3 is 1.44 bits per heavy atom. The summed E-state index contributed by atoms with van der Waals surface area (Å²) in [5.41, 5.74) is -3.03. The molecule has 2 aromatic rings. The third kappa shape index (κ3) is 1.19. The third-order valence-corrected chi connectivity index (χ3v) is 2.77. The van der Waals surface area contributed by atoms with E-state index in [4.69, 9.17) is 10.2 Å². The van der Waals surface area contributed by atoms with Crippen LogP contribution in [0.2, 0.25) is 0 Å². The maximum absolute atomic E-state index is 11.7. The Hall–Kier alpha value is -2.64. The van der Waals surface area contributed by atoms with Crippen molar-refractivity contribution in [3.05, 3.63) is 43.2 Å². The van der Waals surface area contributed by atoms with Crippen LogP contribution in [0, 0.1) is 13.8 Å². The van der Waals surface area contributed by atoms with Gasteiger partial charge < -0.3 is 10.2 Å². The van der Waals surface area contributed by atoms with E-state index in [2.05, 4.69) is 0 Å². The van der Waals surface area contributed by atoms with Crippen LogP contribution in [0.15, 0.2) is 9.59 Å². The molecule has 0 aliphatic rings. The first-order valence-corrected chi connectivity index (χ1v) is 4.86. The molecular weight excluding hydrogens is 244 g/mol. The molecule has 8 heteroatoms. The van der Waals surface area contributed by atoms with E-state index in [1.165, 1.54) is 13.8 Å². The highest BCUT2D eigenvalue weighted by atomic mass is 16.4. The maximum Gasteiger partial charge on any atom is 0.355 e. The lowest BCUT2D eigenvalue weighted by Gasteiger charge is -1.98. The topological polar surface area (TPSA) is 118 Å². The van der Waals surface area contributed by atoms with E-state index < -0.39 is 34.4 Å². The monoisotopic (exact) mass is 252 g/mol. The number of hydrogen-bond donors (Lipinski definition) is 2. The normalized spacial score (nSPS) is 11.0. The zero-order chi connectivity index (χ0) is 13.8. The summed E-state index contributed by atoms with van der Waals surface area (Å²) < 4.78 is 1.16. The van der Waals surface area contributed by atoms with Gasteiger partial charge >= 0.3 is 11.9 Å². The summed E-state index contributed by atoms with van der Waals surface area (Å²) in [5, 5.41) is 18.0. The Balaban J connectivity index is 3.23. The first-order chi connectivity index (χ1) is 8.29. The molecule has 0 spiro atoms. The molecule has 2 N–H and O–H groups in total. The van der Waals surface area contributed by atoms with E-state index in [-0.39, 0.29) is 11.1 Å². The molecule has 94 valence electrons. The fraction of sp³-hybridized carbons (Fsp3) is 0.200. The van der Waals surface area contributed by atoms with Crippen LogP contribution in [0.5, 0.6) is 0 Å². The van der Waals surface area contributed by atoms with Crippen molar-refractivity contribution < 1.29 is 19.8 Å². The highest BCUT2D eigenvalue weighted by Gasteiger charge is 2.28. The van der Waals surface area contributed by atoms with Crippen molar-refractivity contribution in [1.29, 1.82) is 0 Å². The summed E-state index contributed by atoms with van der Waals surface area (Å²) in [6.45, 7) is 2.46. The second kappa shape index (κ2) is 3.42. The van der Waals surface area contributed by atoms with E-state index in [0.717, 1.165) is 0 Å². The fourth-order valence-corrected chi connectivity index (χ4v) is 1.93. The Morgan fingerprint density at radius 2 is 1.17 bits per heavy atom. The molecule has 0 aromatic carbocycles. The second-order valence-corrected chi connectivity index (χ2v) is 3.79. The third-order valence-electron chi connectivity index (χ3n) is 2.77. The Morgan fingerprint density at radius 1 is 0.833 bits per heavy atom. The van der Waals surface area contributed by atoms with Crippen molar-refractivity contribution in [3.63, 3.8) is 0 Å². The van der Waals surface area contributed by atoms with E-state index in [1.807, 2.05) is 0 Å². The number of fused-ring (bicyclic) bond motifs is 1. The summed E-state index contributed by atoms with van der Waals surface area (Å²) in [6, 6.07) is 0. The van der Waals surface area contributed by atoms with E-state index in [1.54, 1.807) is 0 Å². The molecule has 0 unspecified atom stereocenters. The lowest BCUT2D eigenvalue weighted by atomic mass is 10.2. The van der Waals surface area contributed by atoms with Gasteiger partial charge in [-0.25, -0.2) is 14.1 Å². The average Bonchev–Trinajstić information content (AvgIpc) is 2.64. The lowest BCUT2D eigenvalue weighted by molar-refractivity contribution is 0.0679. The number of hydrogen-bond acceptors (Lipinski definition) is 4. The maximum atomic E-state index is 11.7. The molecule has 0 bridgehead atoms. The van der Waals surface area contributed by atoms with Gasteiger partial charge in [-0.15, -0.1) is 0 Å². The van der Waals surface area contributed by atoms with E-state index in [9.17, 15) is 19.2 Å². The summed E-state index contributed by atoms with van der Waals surface area (Å²) in [7, 11) is 0. The molecule has 2 heterocycles. The van der Waals surface area contributed by atoms with Gasteiger partial charge in [-0.3, -0.25) is 9.59 Å². The largest absolute Gasteiger partial charge is 0.476 e. The summed E-state index contributed by atoms with van der Waals surface area (Å²) >= 11 is 0. The zero-order valence-electron chi connectivity index (χ0n) is 9.42. The molecule has 0 saturated heterocycles. The number of carbonyl (C=O) groups is 2. The van der Waals surface area contributed by atoms with Crippen LogP contribution in [0.1, 0.15) is 32.1 Å². The quantitative estimate of drug-likeness (QED) is 0.723. The number of aromatic carboxylic acids is 2. The fourth-order valence-electron chi connectivity index (χ4n) is 1.93. The van der Waals surface area contributed by atoms with Crippen molar-refractivity contribution in [2.45, 2.75) is 13.8 Å². The summed E-state index contributed by atoms with van der Waals surface area (Å²) in [5.74, 6) is -2.94. The second-order valence-electron chi connectivity index (χ2n) is 3.79. The predicted molar refractivity (Wildman–Crippen MR) is 58.0 cm³/mol. The summed E-state index contributed by atoms with van der Waals surface area (Å²) in [4.78, 5) is 45.6. The van der Waals surface area contributed by atoms with Crippen LogP contribution >= 0.6 is 0 Å². The molecule has 0 atom stereocenters. The van der Waals surface area contributed by atoms with Gasteiger partial charge in [-0.05, 0) is 13.8 Å². The molecule has 0 radical (unpaired) electrons. The number of rotatable bonds is 2. The Bertz CT molecular complexity index is 734. The number of aromatic nitrogens is 2. The first kappa shape index (κ1) is 11.8. The molecule has 2 aromatic heterocycles. The minimum atomic E-state index is -1.47. The first-order valence-electron chi connectivity index (χ1n) is 4.86. The van der Waals surface area contributed by atoms with Crippen molar-refractivity contribution in [3.8, 4) is 0 Å². The Labute approximate surface area is 98.6 Å². The standard InChI is InChI=1S/C10H8N2O6/c1-3-5(9(15)16)11-6(10(17)18)4(2)8(14)12(11)7(3)13/h1-2H3,(H,15,16)(H,17,18). The van der Waals surface area contributed by atoms with Crippen LogP contribution in [-0.2, 0) is 0 Å². The van der Waals surface area contributed by atoms with Gasteiger partial charge in [0, 0.05) is 11.1 Å². The molecule has 18 heavy (non-hydrogen) atoms. The molecule has 0 saturated carbocycles. The SMILES string of the molecule is Cc1c(C(=O)O)n2c(C(=O)O)c(C)c(=O)n2c1=O. The lowest BCUT2D eigenvalue weighted by Crippen LogP contribution is -2.23. The van der Waals surface area contributed by atoms with Gasteiger partial charge in [0.05, 0.1) is 0 Å². The average molecular weight is 252 g/mol. The molecule has 2 rings (SSSR count). The van der Waals surface area contributed by atoms with Gasteiger partial charge in [-0.1, -0.05) is 0 Å². The van der Waals surface area contributed by atoms with Crippen molar-refractivity contribution in [2.75, 3.05) is 0 Å². The molecule has 0 fully saturated rings. The van der Waals surface area contributed by atoms with Crippen molar-refractivity contribution in [2.24, 2.45) is 0 Å². The smallest absolute Gasteiger partial charge is 0.355 e. The van der Waals surface area contributed by atoms with Gasteiger partial charge in [0.25, 0.3) is 11.1 Å². The highest BCUT2D eigenvalue weighted by Crippen LogP contribution is 2.10. The summed E-state index contributed by atoms with van der Waals surface area (Å²) in [6.07, 6.45) is 0. The molecular formula is C10H8N2O6. The van der Waals surface area contributed by atoms with Crippen LogP contribution in [0.25, 0.3) is 0 Å². The van der Waals surface area contributed by atoms with Gasteiger partial charge in [0.2, 0.25) is 0 Å². The molecule has 8 nitrogen and oxygen atoms in total. The van der Waals surface area contributed by atoms with Crippen molar-refractivity contribution >= 4 is 11.9 Å². The van der Waals surface area contributed by atoms with Crippen LogP contribution in [-0.4, -0.2) is 31.2 Å².